The summed E-state index contributed by atoms with van der Waals surface area (Å²) < 4.78 is 1.85. The molecule has 3 aromatic rings. The van der Waals surface area contributed by atoms with Crippen LogP contribution in [0.1, 0.15) is 24.2 Å². The highest BCUT2D eigenvalue weighted by Crippen LogP contribution is 2.21. The largest absolute Gasteiger partial charge is 0.362 e. The number of rotatable bonds is 3. The van der Waals surface area contributed by atoms with E-state index in [0.717, 1.165) is 17.0 Å². The Morgan fingerprint density at radius 3 is 2.79 bits per heavy atom. The molecule has 0 bridgehead atoms. The molecule has 0 aliphatic carbocycles. The summed E-state index contributed by atoms with van der Waals surface area (Å²) in [5.74, 6) is 0.861. The Hall–Kier alpha value is -2.36. The third-order valence-electron chi connectivity index (χ3n) is 3.16. The van der Waals surface area contributed by atoms with Crippen LogP contribution < -0.4 is 5.32 Å². The van der Waals surface area contributed by atoms with E-state index < -0.39 is 0 Å². The van der Waals surface area contributed by atoms with E-state index in [-0.39, 0.29) is 6.04 Å². The smallest absolute Gasteiger partial charge is 0.152 e. The zero-order valence-corrected chi connectivity index (χ0v) is 11.0. The summed E-state index contributed by atoms with van der Waals surface area (Å²) in [7, 11) is 0. The number of aromatic nitrogens is 3. The van der Waals surface area contributed by atoms with Crippen molar-refractivity contribution in [3.05, 3.63) is 60.0 Å². The van der Waals surface area contributed by atoms with Crippen LogP contribution in [-0.2, 0) is 0 Å². The van der Waals surface area contributed by atoms with E-state index in [1.54, 1.807) is 6.20 Å². The molecular weight excluding hydrogens is 236 g/mol. The molecule has 1 N–H and O–H groups in total. The maximum atomic E-state index is 4.41. The van der Waals surface area contributed by atoms with Gasteiger partial charge in [0.25, 0.3) is 0 Å². The van der Waals surface area contributed by atoms with Crippen LogP contribution in [0.3, 0.4) is 0 Å². The topological polar surface area (TPSA) is 42.2 Å². The average molecular weight is 252 g/mol. The van der Waals surface area contributed by atoms with Crippen molar-refractivity contribution in [3.63, 3.8) is 0 Å². The second kappa shape index (κ2) is 4.72. The predicted octanol–water partition coefficient (Wildman–Crippen LogP) is 3.21. The lowest BCUT2D eigenvalue weighted by atomic mass is 10.1. The first kappa shape index (κ1) is 11.7. The number of aryl methyl sites for hydroxylation is 1. The fourth-order valence-corrected chi connectivity index (χ4v) is 2.19. The van der Waals surface area contributed by atoms with Gasteiger partial charge >= 0.3 is 0 Å². The molecule has 0 aliphatic heterocycles. The van der Waals surface area contributed by atoms with Gasteiger partial charge < -0.3 is 5.32 Å². The third kappa shape index (κ3) is 2.29. The minimum Gasteiger partial charge on any atom is -0.362 e. The molecule has 0 fully saturated rings. The van der Waals surface area contributed by atoms with Gasteiger partial charge in [-0.2, -0.15) is 5.10 Å². The number of fused-ring (bicyclic) bond motifs is 1. The van der Waals surface area contributed by atoms with E-state index in [2.05, 4.69) is 34.5 Å². The quantitative estimate of drug-likeness (QED) is 0.778. The molecule has 4 heteroatoms. The lowest BCUT2D eigenvalue weighted by Crippen LogP contribution is -2.08. The van der Waals surface area contributed by atoms with Crippen molar-refractivity contribution < 1.29 is 0 Å². The third-order valence-corrected chi connectivity index (χ3v) is 3.16. The SMILES string of the molecule is Cc1cc2c(NC(C)c3ccccc3)nccn2n1. The van der Waals surface area contributed by atoms with Gasteiger partial charge in [0.1, 0.15) is 5.52 Å². The van der Waals surface area contributed by atoms with E-state index in [1.165, 1.54) is 5.56 Å². The summed E-state index contributed by atoms with van der Waals surface area (Å²) in [5.41, 5.74) is 3.23. The van der Waals surface area contributed by atoms with Crippen molar-refractivity contribution in [2.45, 2.75) is 19.9 Å². The Morgan fingerprint density at radius 1 is 1.21 bits per heavy atom. The van der Waals surface area contributed by atoms with Crippen LogP contribution >= 0.6 is 0 Å². The number of benzene rings is 1. The predicted molar refractivity (Wildman–Crippen MR) is 76.2 cm³/mol. The molecule has 19 heavy (non-hydrogen) atoms. The van der Waals surface area contributed by atoms with Crippen molar-refractivity contribution in [1.82, 2.24) is 14.6 Å². The molecule has 0 amide bonds. The Morgan fingerprint density at radius 2 is 2.00 bits per heavy atom. The van der Waals surface area contributed by atoms with E-state index in [0.29, 0.717) is 0 Å². The second-order valence-corrected chi connectivity index (χ2v) is 4.67. The Balaban J connectivity index is 1.93. The van der Waals surface area contributed by atoms with Crippen LogP contribution in [0.2, 0.25) is 0 Å². The van der Waals surface area contributed by atoms with Crippen LogP contribution in [0, 0.1) is 6.92 Å². The fourth-order valence-electron chi connectivity index (χ4n) is 2.19. The molecule has 0 saturated heterocycles. The molecule has 2 aromatic heterocycles. The van der Waals surface area contributed by atoms with Crippen LogP contribution in [0.15, 0.2) is 48.8 Å². The van der Waals surface area contributed by atoms with Crippen molar-refractivity contribution >= 4 is 11.3 Å². The molecule has 96 valence electrons. The van der Waals surface area contributed by atoms with Gasteiger partial charge in [-0.25, -0.2) is 9.50 Å². The maximum Gasteiger partial charge on any atom is 0.152 e. The van der Waals surface area contributed by atoms with Gasteiger partial charge in [0.15, 0.2) is 5.82 Å². The molecule has 4 nitrogen and oxygen atoms in total. The van der Waals surface area contributed by atoms with Gasteiger partial charge in [-0.05, 0) is 25.5 Å². The van der Waals surface area contributed by atoms with Crippen LogP contribution in [0.4, 0.5) is 5.82 Å². The normalized spacial score (nSPS) is 12.5. The molecule has 3 rings (SSSR count). The summed E-state index contributed by atoms with van der Waals surface area (Å²) in [4.78, 5) is 4.41. The van der Waals surface area contributed by atoms with Crippen LogP contribution in [0.5, 0.6) is 0 Å². The first-order valence-electron chi connectivity index (χ1n) is 6.36. The summed E-state index contributed by atoms with van der Waals surface area (Å²) >= 11 is 0. The number of anilines is 1. The molecule has 2 heterocycles. The van der Waals surface area contributed by atoms with Crippen molar-refractivity contribution in [2.24, 2.45) is 0 Å². The Kier molecular flexibility index (Phi) is 2.91. The van der Waals surface area contributed by atoms with Gasteiger partial charge in [0.05, 0.1) is 11.7 Å². The molecule has 0 aliphatic rings. The highest BCUT2D eigenvalue weighted by atomic mass is 15.2. The summed E-state index contributed by atoms with van der Waals surface area (Å²) in [6.07, 6.45) is 3.63. The average Bonchev–Trinajstić information content (AvgIpc) is 2.81. The number of hydrogen-bond acceptors (Lipinski definition) is 3. The first-order chi connectivity index (χ1) is 9.24. The van der Waals surface area contributed by atoms with E-state index in [4.69, 9.17) is 0 Å². The molecule has 0 saturated carbocycles. The van der Waals surface area contributed by atoms with E-state index >= 15 is 0 Å². The van der Waals surface area contributed by atoms with Gasteiger partial charge in [-0.1, -0.05) is 30.3 Å². The molecule has 1 atom stereocenters. The van der Waals surface area contributed by atoms with Gasteiger partial charge in [0, 0.05) is 12.4 Å². The van der Waals surface area contributed by atoms with E-state index in [1.807, 2.05) is 41.9 Å². The summed E-state index contributed by atoms with van der Waals surface area (Å²) in [6, 6.07) is 12.6. The number of nitrogens with one attached hydrogen (secondary N) is 1. The number of nitrogens with zero attached hydrogens (tertiary/aromatic N) is 3. The van der Waals surface area contributed by atoms with Gasteiger partial charge in [-0.3, -0.25) is 0 Å². The molecular formula is C15H16N4. The standard InChI is InChI=1S/C15H16N4/c1-11-10-14-15(16-8-9-19(14)18-11)17-12(2)13-6-4-3-5-7-13/h3-10,12H,1-2H3,(H,16,17). The second-order valence-electron chi connectivity index (χ2n) is 4.67. The van der Waals surface area contributed by atoms with E-state index in [9.17, 15) is 0 Å². The Labute approximate surface area is 112 Å². The molecule has 0 spiro atoms. The van der Waals surface area contributed by atoms with Gasteiger partial charge in [-0.15, -0.1) is 0 Å². The monoisotopic (exact) mass is 252 g/mol. The molecule has 0 radical (unpaired) electrons. The summed E-state index contributed by atoms with van der Waals surface area (Å²) in [6.45, 7) is 4.11. The lowest BCUT2D eigenvalue weighted by Gasteiger charge is -2.15. The highest BCUT2D eigenvalue weighted by Gasteiger charge is 2.09. The van der Waals surface area contributed by atoms with Crippen molar-refractivity contribution in [1.29, 1.82) is 0 Å². The first-order valence-corrected chi connectivity index (χ1v) is 6.36. The van der Waals surface area contributed by atoms with Gasteiger partial charge in [0.2, 0.25) is 0 Å². The zero-order chi connectivity index (χ0) is 13.2. The lowest BCUT2D eigenvalue weighted by molar-refractivity contribution is 0.864. The molecule has 1 unspecified atom stereocenters. The van der Waals surface area contributed by atoms with Crippen LogP contribution in [-0.4, -0.2) is 14.6 Å². The maximum absolute atomic E-state index is 4.41. The number of hydrogen-bond donors (Lipinski definition) is 1. The highest BCUT2D eigenvalue weighted by molar-refractivity contribution is 5.68. The fraction of sp³-hybridized carbons (Fsp3) is 0.200. The zero-order valence-electron chi connectivity index (χ0n) is 11.0. The minimum atomic E-state index is 0.204. The van der Waals surface area contributed by atoms with Crippen molar-refractivity contribution in [2.75, 3.05) is 5.32 Å². The molecule has 1 aromatic carbocycles. The Bertz CT molecular complexity index is 688. The summed E-state index contributed by atoms with van der Waals surface area (Å²) in [5, 5.41) is 7.83. The van der Waals surface area contributed by atoms with Crippen molar-refractivity contribution in [3.8, 4) is 0 Å². The van der Waals surface area contributed by atoms with Crippen LogP contribution in [0.25, 0.3) is 5.52 Å². The minimum absolute atomic E-state index is 0.204.